The maximum atomic E-state index is 14.0. The molecule has 0 unspecified atom stereocenters. The van der Waals surface area contributed by atoms with E-state index in [1.807, 2.05) is 25.2 Å². The predicted octanol–water partition coefficient (Wildman–Crippen LogP) is 4.34. The van der Waals surface area contributed by atoms with Crippen molar-refractivity contribution >= 4 is 11.6 Å². The van der Waals surface area contributed by atoms with Crippen molar-refractivity contribution < 1.29 is 13.9 Å². The third kappa shape index (κ3) is 5.11. The summed E-state index contributed by atoms with van der Waals surface area (Å²) in [6.07, 6.45) is 5.52. The van der Waals surface area contributed by atoms with Crippen LogP contribution in [0.15, 0.2) is 54.7 Å². The van der Waals surface area contributed by atoms with E-state index in [0.717, 1.165) is 36.6 Å². The molecule has 0 aliphatic carbocycles. The van der Waals surface area contributed by atoms with E-state index in [4.69, 9.17) is 4.74 Å². The fraction of sp³-hybridized carbons (Fsp3) is 0.333. The lowest BCUT2D eigenvalue weighted by Gasteiger charge is -2.26. The number of hydrogen-bond acceptors (Lipinski definition) is 4. The van der Waals surface area contributed by atoms with Crippen molar-refractivity contribution in [3.8, 4) is 17.0 Å². The lowest BCUT2D eigenvalue weighted by atomic mass is 10.1. The molecular formula is C24H27FN4O2. The highest BCUT2D eigenvalue weighted by Crippen LogP contribution is 2.32. The summed E-state index contributed by atoms with van der Waals surface area (Å²) in [6, 6.07) is 13.3. The molecule has 0 saturated carbocycles. The van der Waals surface area contributed by atoms with E-state index in [-0.39, 0.29) is 5.56 Å². The van der Waals surface area contributed by atoms with Crippen molar-refractivity contribution in [1.82, 2.24) is 14.7 Å². The lowest BCUT2D eigenvalue weighted by Crippen LogP contribution is -2.33. The Morgan fingerprint density at radius 3 is 2.68 bits per heavy atom. The van der Waals surface area contributed by atoms with Crippen LogP contribution >= 0.6 is 0 Å². The van der Waals surface area contributed by atoms with E-state index in [2.05, 4.69) is 15.3 Å². The van der Waals surface area contributed by atoms with Crippen LogP contribution in [0.3, 0.4) is 0 Å². The molecule has 0 spiro atoms. The first-order chi connectivity index (χ1) is 15.1. The van der Waals surface area contributed by atoms with Crippen LogP contribution < -0.4 is 10.1 Å². The Labute approximate surface area is 181 Å². The number of aryl methyl sites for hydroxylation is 1. The van der Waals surface area contributed by atoms with Gasteiger partial charge in [0.1, 0.15) is 18.2 Å². The van der Waals surface area contributed by atoms with Crippen LogP contribution in [-0.4, -0.2) is 46.8 Å². The van der Waals surface area contributed by atoms with Gasteiger partial charge in [-0.25, -0.2) is 4.39 Å². The standard InChI is InChI=1S/C24H27FN4O2/c1-28-22(11-12-26-28)20-17-18(27-24(30)19-7-3-4-8-21(19)25)9-10-23(20)31-16-15-29-13-5-2-6-14-29/h3-4,7-12,17H,2,5-6,13-16H2,1H3,(H,27,30). The van der Waals surface area contributed by atoms with E-state index >= 15 is 0 Å². The summed E-state index contributed by atoms with van der Waals surface area (Å²) in [7, 11) is 1.86. The molecule has 1 aromatic heterocycles. The number of carbonyl (C=O) groups is 1. The van der Waals surface area contributed by atoms with Crippen molar-refractivity contribution in [3.63, 3.8) is 0 Å². The molecule has 1 aliphatic heterocycles. The number of halogens is 1. The van der Waals surface area contributed by atoms with Gasteiger partial charge in [0.25, 0.3) is 5.91 Å². The topological polar surface area (TPSA) is 59.4 Å². The van der Waals surface area contributed by atoms with Gasteiger partial charge in [-0.05, 0) is 62.3 Å². The summed E-state index contributed by atoms with van der Waals surface area (Å²) in [5.41, 5.74) is 2.26. The Hall–Kier alpha value is -3.19. The predicted molar refractivity (Wildman–Crippen MR) is 119 cm³/mol. The van der Waals surface area contributed by atoms with Crippen LogP contribution in [0.1, 0.15) is 29.6 Å². The van der Waals surface area contributed by atoms with Gasteiger partial charge in [0, 0.05) is 31.0 Å². The van der Waals surface area contributed by atoms with Gasteiger partial charge in [-0.2, -0.15) is 5.10 Å². The van der Waals surface area contributed by atoms with E-state index in [1.54, 1.807) is 29.1 Å². The molecule has 2 aromatic carbocycles. The molecule has 2 heterocycles. The van der Waals surface area contributed by atoms with Gasteiger partial charge in [0.2, 0.25) is 0 Å². The highest BCUT2D eigenvalue weighted by Gasteiger charge is 2.16. The number of nitrogens with zero attached hydrogens (tertiary/aromatic N) is 3. The maximum Gasteiger partial charge on any atom is 0.258 e. The summed E-state index contributed by atoms with van der Waals surface area (Å²) >= 11 is 0. The van der Waals surface area contributed by atoms with Crippen molar-refractivity contribution in [2.45, 2.75) is 19.3 Å². The molecular weight excluding hydrogens is 395 g/mol. The van der Waals surface area contributed by atoms with Crippen LogP contribution in [0.5, 0.6) is 5.75 Å². The Bertz CT molecular complexity index is 1040. The van der Waals surface area contributed by atoms with E-state index in [1.165, 1.54) is 31.4 Å². The second-order valence-corrected chi connectivity index (χ2v) is 7.74. The number of ether oxygens (including phenoxy) is 1. The quantitative estimate of drug-likeness (QED) is 0.615. The largest absolute Gasteiger partial charge is 0.492 e. The van der Waals surface area contributed by atoms with Crippen LogP contribution in [0.25, 0.3) is 11.3 Å². The molecule has 162 valence electrons. The molecule has 1 saturated heterocycles. The fourth-order valence-corrected chi connectivity index (χ4v) is 3.88. The molecule has 0 atom stereocenters. The zero-order valence-corrected chi connectivity index (χ0v) is 17.7. The lowest BCUT2D eigenvalue weighted by molar-refractivity contribution is 0.102. The molecule has 1 fully saturated rings. The zero-order valence-electron chi connectivity index (χ0n) is 17.7. The van der Waals surface area contributed by atoms with E-state index in [0.29, 0.717) is 12.3 Å². The first kappa shape index (κ1) is 21.1. The number of anilines is 1. The van der Waals surface area contributed by atoms with Crippen LogP contribution in [0, 0.1) is 5.82 Å². The van der Waals surface area contributed by atoms with E-state index < -0.39 is 11.7 Å². The zero-order chi connectivity index (χ0) is 21.6. The molecule has 4 rings (SSSR count). The second kappa shape index (κ2) is 9.75. The second-order valence-electron chi connectivity index (χ2n) is 7.74. The Balaban J connectivity index is 1.52. The third-order valence-corrected chi connectivity index (χ3v) is 5.57. The number of carbonyl (C=O) groups excluding carboxylic acids is 1. The molecule has 1 amide bonds. The Kier molecular flexibility index (Phi) is 6.62. The highest BCUT2D eigenvalue weighted by atomic mass is 19.1. The minimum atomic E-state index is -0.551. The smallest absolute Gasteiger partial charge is 0.258 e. The molecule has 31 heavy (non-hydrogen) atoms. The molecule has 1 aliphatic rings. The number of benzene rings is 2. The number of amides is 1. The summed E-state index contributed by atoms with van der Waals surface area (Å²) < 4.78 is 21.8. The van der Waals surface area contributed by atoms with Crippen molar-refractivity contribution in [1.29, 1.82) is 0 Å². The summed E-state index contributed by atoms with van der Waals surface area (Å²) in [6.45, 7) is 3.72. The van der Waals surface area contributed by atoms with Crippen LogP contribution in [-0.2, 0) is 7.05 Å². The van der Waals surface area contributed by atoms with Gasteiger partial charge in [-0.1, -0.05) is 18.6 Å². The van der Waals surface area contributed by atoms with Gasteiger partial charge < -0.3 is 10.1 Å². The average Bonchev–Trinajstić information content (AvgIpc) is 3.21. The Morgan fingerprint density at radius 2 is 1.94 bits per heavy atom. The SMILES string of the molecule is Cn1nccc1-c1cc(NC(=O)c2ccccc2F)ccc1OCCN1CCCCC1. The van der Waals surface area contributed by atoms with Crippen molar-refractivity contribution in [2.24, 2.45) is 7.05 Å². The van der Waals surface area contributed by atoms with Gasteiger partial charge in [0.15, 0.2) is 0 Å². The molecule has 0 radical (unpaired) electrons. The molecule has 0 bridgehead atoms. The number of nitrogens with one attached hydrogen (secondary N) is 1. The van der Waals surface area contributed by atoms with Crippen LogP contribution in [0.4, 0.5) is 10.1 Å². The molecule has 3 aromatic rings. The summed E-state index contributed by atoms with van der Waals surface area (Å²) in [4.78, 5) is 15.0. The number of hydrogen-bond donors (Lipinski definition) is 1. The fourth-order valence-electron chi connectivity index (χ4n) is 3.88. The minimum Gasteiger partial charge on any atom is -0.492 e. The molecule has 7 heteroatoms. The van der Waals surface area contributed by atoms with Gasteiger partial charge in [0.05, 0.1) is 11.3 Å². The third-order valence-electron chi connectivity index (χ3n) is 5.57. The first-order valence-corrected chi connectivity index (χ1v) is 10.7. The normalized spacial score (nSPS) is 14.4. The van der Waals surface area contributed by atoms with Gasteiger partial charge >= 0.3 is 0 Å². The summed E-state index contributed by atoms with van der Waals surface area (Å²) in [5, 5.41) is 7.04. The van der Waals surface area contributed by atoms with Crippen molar-refractivity contribution in [2.75, 3.05) is 31.6 Å². The van der Waals surface area contributed by atoms with Gasteiger partial charge in [-0.15, -0.1) is 0 Å². The number of rotatable bonds is 7. The van der Waals surface area contributed by atoms with E-state index in [9.17, 15) is 9.18 Å². The monoisotopic (exact) mass is 422 g/mol. The Morgan fingerprint density at radius 1 is 1.13 bits per heavy atom. The minimum absolute atomic E-state index is 0.00596. The van der Waals surface area contributed by atoms with Gasteiger partial charge in [-0.3, -0.25) is 14.4 Å². The number of likely N-dealkylation sites (tertiary alicyclic amines) is 1. The number of piperidine rings is 1. The average molecular weight is 423 g/mol. The highest BCUT2D eigenvalue weighted by molar-refractivity contribution is 6.04. The van der Waals surface area contributed by atoms with Crippen LogP contribution in [0.2, 0.25) is 0 Å². The maximum absolute atomic E-state index is 14.0. The number of aromatic nitrogens is 2. The molecule has 6 nitrogen and oxygen atoms in total. The first-order valence-electron chi connectivity index (χ1n) is 10.7. The summed E-state index contributed by atoms with van der Waals surface area (Å²) in [5.74, 6) is -0.318. The van der Waals surface area contributed by atoms with Crippen molar-refractivity contribution in [3.05, 3.63) is 66.1 Å². The molecule has 1 N–H and O–H groups in total.